The van der Waals surface area contributed by atoms with E-state index in [2.05, 4.69) is 0 Å². The molecule has 1 N–H and O–H groups in total. The minimum absolute atomic E-state index is 0. The van der Waals surface area contributed by atoms with Crippen molar-refractivity contribution in [1.82, 2.24) is 0 Å². The molecule has 0 spiro atoms. The molecular formula is CH5CaKMgO2. The van der Waals surface area contributed by atoms with Crippen molar-refractivity contribution in [1.29, 1.82) is 0 Å². The van der Waals surface area contributed by atoms with Crippen LogP contribution in [0, 0.1) is 0 Å². The van der Waals surface area contributed by atoms with E-state index in [1.54, 1.807) is 0 Å². The fourth-order valence-electron chi connectivity index (χ4n) is 0. The maximum absolute atomic E-state index is 8.24. The average Bonchev–Trinajstić information content (AvgIpc) is 0.918. The quantitative estimate of drug-likeness (QED) is 0.278. The molecule has 5 heteroatoms. The summed E-state index contributed by atoms with van der Waals surface area (Å²) in [4.78, 5) is 8.24. The predicted molar refractivity (Wildman–Crippen MR) is 25.4 cm³/mol. The molecule has 0 aromatic carbocycles. The van der Waals surface area contributed by atoms with Gasteiger partial charge in [-0.2, -0.15) is 0 Å². The summed E-state index contributed by atoms with van der Waals surface area (Å²) >= 11 is 0. The van der Waals surface area contributed by atoms with Gasteiger partial charge in [0, 0.05) is 0 Å². The van der Waals surface area contributed by atoms with Crippen molar-refractivity contribution >= 4 is 67.3 Å². The Labute approximate surface area is 125 Å². The molecule has 0 aliphatic rings. The smallest absolute Gasteiger partial charge is 0.316 e. The van der Waals surface area contributed by atoms with Crippen LogP contribution < -0.4 is 51.4 Å². The topological polar surface area (TPSA) is 37.3 Å². The third-order valence-corrected chi connectivity index (χ3v) is 0. The number of rotatable bonds is 0. The summed E-state index contributed by atoms with van der Waals surface area (Å²) in [6.07, 6.45) is 0. The fourth-order valence-corrected chi connectivity index (χ4v) is 0. The molecule has 0 amide bonds. The van der Waals surface area contributed by atoms with Crippen molar-refractivity contribution in [3.05, 3.63) is 0 Å². The van der Waals surface area contributed by atoms with E-state index in [1.807, 2.05) is 0 Å². The molecule has 0 aromatic heterocycles. The van der Waals surface area contributed by atoms with E-state index in [9.17, 15) is 0 Å². The van der Waals surface area contributed by atoms with Crippen LogP contribution in [0.2, 0.25) is 0 Å². The molecule has 0 heterocycles. The van der Waals surface area contributed by atoms with E-state index in [1.165, 1.54) is 0 Å². The first-order valence-electron chi connectivity index (χ1n) is 0.428. The second-order valence-electron chi connectivity index (χ2n) is 0.0913. The number of hydrogen-bond donors (Lipinski definition) is 1. The third-order valence-electron chi connectivity index (χ3n) is 0. The summed E-state index contributed by atoms with van der Waals surface area (Å²) in [7, 11) is 0. The van der Waals surface area contributed by atoms with Gasteiger partial charge in [0.15, 0.2) is 0 Å². The summed E-state index contributed by atoms with van der Waals surface area (Å²) in [6.45, 7) is 0.500. The first kappa shape index (κ1) is 22.9. The van der Waals surface area contributed by atoms with Crippen LogP contribution >= 0.6 is 0 Å². The van der Waals surface area contributed by atoms with Crippen LogP contribution in [0.25, 0.3) is 0 Å². The van der Waals surface area contributed by atoms with E-state index >= 15 is 0 Å². The normalized spacial score (nSPS) is 2.00. The average molecular weight is 153 g/mol. The Morgan fingerprint density at radius 2 is 1.50 bits per heavy atom. The Morgan fingerprint density at radius 3 is 1.50 bits per heavy atom. The molecule has 0 aromatic rings. The van der Waals surface area contributed by atoms with Gasteiger partial charge in [-0.3, -0.25) is 0 Å². The molecule has 0 saturated heterocycles. The first-order valence-corrected chi connectivity index (χ1v) is 0.428. The van der Waals surface area contributed by atoms with Crippen molar-refractivity contribution in [3.63, 3.8) is 0 Å². The largest absolute Gasteiger partial charge is 1.00 e. The minimum atomic E-state index is 0. The van der Waals surface area contributed by atoms with Crippen LogP contribution in [0.4, 0.5) is 0 Å². The van der Waals surface area contributed by atoms with E-state index in [0.717, 1.165) is 0 Å². The Kier molecular flexibility index (Phi) is 92.6. The Bertz CT molecular complexity index is 21.0. The summed E-state index contributed by atoms with van der Waals surface area (Å²) in [5.74, 6) is 0. The first-order chi connectivity index (χ1) is 1.41. The van der Waals surface area contributed by atoms with E-state index < -0.39 is 0 Å². The van der Waals surface area contributed by atoms with Gasteiger partial charge in [-0.25, -0.2) is 0 Å². The zero-order valence-corrected chi connectivity index (χ0v) is 5.48. The van der Waals surface area contributed by atoms with Gasteiger partial charge < -0.3 is 9.90 Å². The van der Waals surface area contributed by atoms with Gasteiger partial charge in [-0.05, 0) is 0 Å². The molecule has 2 nitrogen and oxygen atoms in total. The van der Waals surface area contributed by atoms with Crippen molar-refractivity contribution in [3.8, 4) is 0 Å². The van der Waals surface area contributed by atoms with Crippen LogP contribution in [0.3, 0.4) is 0 Å². The van der Waals surface area contributed by atoms with Crippen LogP contribution in [-0.4, -0.2) is 72.4 Å². The van der Waals surface area contributed by atoms with Crippen LogP contribution in [-0.2, 0) is 4.79 Å². The monoisotopic (exact) mass is 152 g/mol. The van der Waals surface area contributed by atoms with Gasteiger partial charge in [-0.15, -0.1) is 0 Å². The van der Waals surface area contributed by atoms with Crippen molar-refractivity contribution < 1.29 is 61.3 Å². The van der Waals surface area contributed by atoms with Crippen molar-refractivity contribution in [2.45, 2.75) is 0 Å². The van der Waals surface area contributed by atoms with Crippen molar-refractivity contribution in [2.24, 2.45) is 0 Å². The molecule has 0 bridgehead atoms. The van der Waals surface area contributed by atoms with Gasteiger partial charge in [-0.1, -0.05) is 6.47 Å². The standard InChI is InChI=1S/CHO2.Ca.K.Mg.4H/c2-1-3;;;;;;;/h(H,2,3);;;;;;;/q-1;;+1;;;;;. The molecule has 0 aliphatic carbocycles. The predicted octanol–water partition coefficient (Wildman–Crippen LogP) is -5.22. The summed E-state index contributed by atoms with van der Waals surface area (Å²) in [5.41, 5.74) is 0. The SMILES string of the molecule is O=[C-]O.[CaH2].[K+].[MgH2]. The van der Waals surface area contributed by atoms with E-state index in [-0.39, 0.29) is 112 Å². The molecule has 0 rings (SSSR count). The molecular weight excluding hydrogens is 147 g/mol. The molecule has 0 unspecified atom stereocenters. The maximum Gasteiger partial charge on any atom is 1.00 e. The summed E-state index contributed by atoms with van der Waals surface area (Å²) in [6, 6.07) is 0. The summed E-state index contributed by atoms with van der Waals surface area (Å²) < 4.78 is 0. The molecule has 0 saturated carbocycles. The van der Waals surface area contributed by atoms with Crippen LogP contribution in [0.5, 0.6) is 0 Å². The third kappa shape index (κ3) is 27.3. The molecule has 0 radical (unpaired) electrons. The molecule has 0 atom stereocenters. The van der Waals surface area contributed by atoms with E-state index in [4.69, 9.17) is 9.90 Å². The van der Waals surface area contributed by atoms with Gasteiger partial charge in [0.2, 0.25) is 0 Å². The second kappa shape index (κ2) is 24.2. The second-order valence-corrected chi connectivity index (χ2v) is 0.0913. The zero-order chi connectivity index (χ0) is 2.71. The summed E-state index contributed by atoms with van der Waals surface area (Å²) in [5, 5.41) is 6.76. The van der Waals surface area contributed by atoms with Crippen LogP contribution in [0.15, 0.2) is 0 Å². The maximum atomic E-state index is 8.24. The number of aliphatic hydroxyl groups excluding tert-OH is 1. The minimum Gasteiger partial charge on any atom is 0.316 e. The van der Waals surface area contributed by atoms with Gasteiger partial charge in [0.25, 0.3) is 0 Å². The van der Waals surface area contributed by atoms with Gasteiger partial charge >= 0.3 is 112 Å². The van der Waals surface area contributed by atoms with Crippen LogP contribution in [0.1, 0.15) is 0 Å². The van der Waals surface area contributed by atoms with Gasteiger partial charge in [0.1, 0.15) is 0 Å². The zero-order valence-electron chi connectivity index (χ0n) is 2.36. The number of hydrogen-bond acceptors (Lipinski definition) is 1. The van der Waals surface area contributed by atoms with Crippen molar-refractivity contribution in [2.75, 3.05) is 0 Å². The Hall–Kier alpha value is 3.13. The molecule has 0 fully saturated rings. The molecule has 0 aliphatic heterocycles. The van der Waals surface area contributed by atoms with Gasteiger partial charge in [0.05, 0.1) is 0 Å². The molecule has 6 heavy (non-hydrogen) atoms. The Morgan fingerprint density at radius 1 is 1.50 bits per heavy atom. The Balaban J connectivity index is -0.00000000667. The van der Waals surface area contributed by atoms with E-state index in [0.29, 0.717) is 6.47 Å². The fraction of sp³-hybridized carbons (Fsp3) is 0. The molecule has 26 valence electrons.